The van der Waals surface area contributed by atoms with Crippen LogP contribution in [-0.4, -0.2) is 19.7 Å². The maximum Gasteiger partial charge on any atom is 0.412 e. The van der Waals surface area contributed by atoms with Crippen molar-refractivity contribution >= 4 is 11.8 Å². The minimum absolute atomic E-state index is 0.263. The molecule has 1 aromatic rings. The van der Waals surface area contributed by atoms with E-state index in [1.165, 1.54) is 19.2 Å². The third kappa shape index (κ3) is 3.54. The molecule has 0 aromatic heterocycles. The second-order valence-corrected chi connectivity index (χ2v) is 2.98. The van der Waals surface area contributed by atoms with Gasteiger partial charge in [0.25, 0.3) is 0 Å². The lowest BCUT2D eigenvalue weighted by Crippen LogP contribution is -2.22. The van der Waals surface area contributed by atoms with Crippen LogP contribution in [-0.2, 0) is 0 Å². The molecule has 1 rings (SSSR count). The third-order valence-electron chi connectivity index (χ3n) is 1.82. The van der Waals surface area contributed by atoms with Crippen LogP contribution in [0.4, 0.5) is 10.5 Å². The van der Waals surface area contributed by atoms with Crippen molar-refractivity contribution in [1.29, 1.82) is 0 Å². The predicted octanol–water partition coefficient (Wildman–Crippen LogP) is 2.52. The van der Waals surface area contributed by atoms with Gasteiger partial charge in [-0.1, -0.05) is 18.7 Å². The van der Waals surface area contributed by atoms with Crippen LogP contribution >= 0.6 is 0 Å². The van der Waals surface area contributed by atoms with Gasteiger partial charge in [-0.15, -0.1) is 0 Å². The van der Waals surface area contributed by atoms with Crippen LogP contribution in [0.3, 0.4) is 0 Å². The van der Waals surface area contributed by atoms with Gasteiger partial charge in [0.05, 0.1) is 6.57 Å². The van der Waals surface area contributed by atoms with E-state index in [2.05, 4.69) is 16.7 Å². The molecule has 0 radical (unpaired) electrons. The first-order valence-corrected chi connectivity index (χ1v) is 4.86. The molecule has 0 unspecified atom stereocenters. The van der Waals surface area contributed by atoms with E-state index in [-0.39, 0.29) is 12.4 Å². The van der Waals surface area contributed by atoms with Crippen molar-refractivity contribution in [2.75, 3.05) is 13.7 Å². The van der Waals surface area contributed by atoms with E-state index < -0.39 is 6.09 Å². The summed E-state index contributed by atoms with van der Waals surface area (Å²) in [5.41, 5.74) is 0.410. The van der Waals surface area contributed by atoms with E-state index >= 15 is 0 Å². The van der Waals surface area contributed by atoms with E-state index in [0.29, 0.717) is 11.4 Å². The van der Waals surface area contributed by atoms with Crippen molar-refractivity contribution in [3.63, 3.8) is 0 Å². The van der Waals surface area contributed by atoms with Crippen LogP contribution in [0.15, 0.2) is 30.9 Å². The number of nitrogens with zero attached hydrogens (tertiary/aromatic N) is 1. The molecular weight excluding hydrogens is 220 g/mol. The molecular formula is C12H12N2O3. The highest BCUT2D eigenvalue weighted by molar-refractivity contribution is 5.71. The summed E-state index contributed by atoms with van der Waals surface area (Å²) in [6.45, 7) is 10.7. The molecule has 0 heterocycles. The number of benzene rings is 1. The maximum absolute atomic E-state index is 11.1. The zero-order chi connectivity index (χ0) is 12.7. The molecule has 1 aromatic carbocycles. The van der Waals surface area contributed by atoms with Gasteiger partial charge in [0.2, 0.25) is 0 Å². The highest BCUT2D eigenvalue weighted by Gasteiger charge is 2.09. The summed E-state index contributed by atoms with van der Waals surface area (Å²) < 4.78 is 10.3. The molecule has 0 aliphatic rings. The monoisotopic (exact) mass is 232 g/mol. The number of rotatable bonds is 4. The molecule has 0 saturated heterocycles. The van der Waals surface area contributed by atoms with Crippen LogP contribution in [0, 0.1) is 6.57 Å². The van der Waals surface area contributed by atoms with Crippen molar-refractivity contribution in [2.45, 2.75) is 0 Å². The zero-order valence-electron chi connectivity index (χ0n) is 9.40. The molecule has 88 valence electrons. The smallest absolute Gasteiger partial charge is 0.412 e. The second kappa shape index (κ2) is 6.18. The lowest BCUT2D eigenvalue weighted by Gasteiger charge is -2.10. The Balaban J connectivity index is 2.97. The molecule has 0 bridgehead atoms. The van der Waals surface area contributed by atoms with Crippen molar-refractivity contribution in [2.24, 2.45) is 0 Å². The van der Waals surface area contributed by atoms with Gasteiger partial charge in [0, 0.05) is 7.05 Å². The summed E-state index contributed by atoms with van der Waals surface area (Å²) >= 11 is 0. The topological polar surface area (TPSA) is 51.9 Å². The van der Waals surface area contributed by atoms with Gasteiger partial charge >= 0.3 is 6.09 Å². The van der Waals surface area contributed by atoms with E-state index in [0.717, 1.165) is 0 Å². The number of amides is 1. The molecule has 5 nitrogen and oxygen atoms in total. The molecule has 5 heteroatoms. The maximum atomic E-state index is 11.1. The van der Waals surface area contributed by atoms with Crippen LogP contribution in [0.2, 0.25) is 0 Å². The average Bonchev–Trinajstić information content (AvgIpc) is 2.37. The molecule has 1 amide bonds. The zero-order valence-corrected chi connectivity index (χ0v) is 9.40. The number of nitrogens with one attached hydrogen (secondary N) is 1. The van der Waals surface area contributed by atoms with Gasteiger partial charge < -0.3 is 14.8 Å². The van der Waals surface area contributed by atoms with Gasteiger partial charge in [-0.05, 0) is 12.1 Å². The van der Waals surface area contributed by atoms with Crippen LogP contribution in [0.5, 0.6) is 11.5 Å². The summed E-state index contributed by atoms with van der Waals surface area (Å²) in [4.78, 5) is 14.4. The second-order valence-electron chi connectivity index (χ2n) is 2.98. The Morgan fingerprint density at radius 1 is 1.59 bits per heavy atom. The fraction of sp³-hybridized carbons (Fsp3) is 0.167. The Labute approximate surface area is 99.5 Å². The summed E-state index contributed by atoms with van der Waals surface area (Å²) in [5, 5.41) is 2.33. The van der Waals surface area contributed by atoms with E-state index in [1.807, 2.05) is 0 Å². The first-order valence-electron chi connectivity index (χ1n) is 4.86. The molecule has 17 heavy (non-hydrogen) atoms. The number of carbonyl (C=O) groups excluding carboxylic acids is 1. The third-order valence-corrected chi connectivity index (χ3v) is 1.82. The van der Waals surface area contributed by atoms with Gasteiger partial charge in [0.15, 0.2) is 17.2 Å². The molecule has 0 aliphatic heterocycles. The largest absolute Gasteiger partial charge is 0.487 e. The van der Waals surface area contributed by atoms with E-state index in [4.69, 9.17) is 16.0 Å². The predicted molar refractivity (Wildman–Crippen MR) is 63.5 cm³/mol. The molecule has 0 aliphatic carbocycles. The first-order chi connectivity index (χ1) is 8.21. The Morgan fingerprint density at radius 2 is 2.35 bits per heavy atom. The molecule has 1 N–H and O–H groups in total. The van der Waals surface area contributed by atoms with Crippen molar-refractivity contribution < 1.29 is 14.3 Å². The van der Waals surface area contributed by atoms with Crippen LogP contribution in [0.1, 0.15) is 0 Å². The quantitative estimate of drug-likeness (QED) is 0.641. The Bertz CT molecular complexity index is 463. The molecule has 0 fully saturated rings. The van der Waals surface area contributed by atoms with Crippen LogP contribution in [0.25, 0.3) is 4.85 Å². The fourth-order valence-electron chi connectivity index (χ4n) is 1.06. The standard InChI is InChI=1S/C12H12N2O3/c1-4-7-16-11-8-9(13-2)5-6-10(11)17-12(15)14-3/h4-6,8H,1,7H2,3H3,(H,14,15). The van der Waals surface area contributed by atoms with Gasteiger partial charge in [-0.25, -0.2) is 9.64 Å². The lowest BCUT2D eigenvalue weighted by molar-refractivity contribution is 0.200. The summed E-state index contributed by atoms with van der Waals surface area (Å²) in [7, 11) is 1.46. The number of hydrogen-bond acceptors (Lipinski definition) is 3. The summed E-state index contributed by atoms with van der Waals surface area (Å²) in [6, 6.07) is 4.57. The Hall–Kier alpha value is -2.48. The Kier molecular flexibility index (Phi) is 4.58. The fourth-order valence-corrected chi connectivity index (χ4v) is 1.06. The van der Waals surface area contributed by atoms with Crippen molar-refractivity contribution in [3.8, 4) is 11.5 Å². The van der Waals surface area contributed by atoms with Crippen LogP contribution < -0.4 is 14.8 Å². The number of carbonyl (C=O) groups is 1. The molecule has 0 saturated carbocycles. The van der Waals surface area contributed by atoms with Gasteiger partial charge in [0.1, 0.15) is 6.61 Å². The average molecular weight is 232 g/mol. The van der Waals surface area contributed by atoms with Crippen molar-refractivity contribution in [3.05, 3.63) is 42.3 Å². The van der Waals surface area contributed by atoms with Gasteiger partial charge in [-0.2, -0.15) is 0 Å². The lowest BCUT2D eigenvalue weighted by atomic mass is 10.3. The molecule has 0 atom stereocenters. The summed E-state index contributed by atoms with van der Waals surface area (Å²) in [6.07, 6.45) is 0.970. The highest BCUT2D eigenvalue weighted by Crippen LogP contribution is 2.31. The van der Waals surface area contributed by atoms with E-state index in [9.17, 15) is 4.79 Å². The summed E-state index contributed by atoms with van der Waals surface area (Å²) in [5.74, 6) is 0.598. The first kappa shape index (κ1) is 12.6. The van der Waals surface area contributed by atoms with Crippen molar-refractivity contribution in [1.82, 2.24) is 5.32 Å². The number of ether oxygens (including phenoxy) is 2. The normalized spacial score (nSPS) is 8.94. The minimum Gasteiger partial charge on any atom is -0.487 e. The SMILES string of the molecule is [C-]#[N+]c1ccc(OC(=O)NC)c(OCC=C)c1. The minimum atomic E-state index is -0.594. The molecule has 0 spiro atoms. The van der Waals surface area contributed by atoms with E-state index in [1.54, 1.807) is 12.1 Å². The number of hydrogen-bond donors (Lipinski definition) is 1. The highest BCUT2D eigenvalue weighted by atomic mass is 16.6. The van der Waals surface area contributed by atoms with Gasteiger partial charge in [-0.3, -0.25) is 0 Å². The Morgan fingerprint density at radius 3 is 2.94 bits per heavy atom.